The Morgan fingerprint density at radius 1 is 1.30 bits per heavy atom. The maximum atomic E-state index is 12.8. The maximum Gasteiger partial charge on any atom is 0.254 e. The molecule has 0 unspecified atom stereocenters. The molecule has 1 aromatic carbocycles. The van der Waals surface area contributed by atoms with Crippen LogP contribution in [-0.4, -0.2) is 65.7 Å². The lowest BCUT2D eigenvalue weighted by molar-refractivity contribution is 0.000708. The van der Waals surface area contributed by atoms with E-state index in [2.05, 4.69) is 11.8 Å². The molecule has 0 bridgehead atoms. The number of carbonyl (C=O) groups is 1. The molecule has 2 saturated heterocycles. The fraction of sp³-hybridized carbons (Fsp3) is 0.611. The topological polar surface area (TPSA) is 53.0 Å². The van der Waals surface area contributed by atoms with Crippen LogP contribution in [0.3, 0.4) is 0 Å². The standard InChI is InChI=1S/C18H26N2O3/c1-14-12-19(17-5-9-23-10-6-17)7-8-20(14)18(22)16-4-2-3-15(11-16)13-21/h2-4,11,14,17,21H,5-10,12-13H2,1H3/t14-/m0/s1. The molecule has 0 aliphatic carbocycles. The third kappa shape index (κ3) is 3.74. The Morgan fingerprint density at radius 3 is 2.78 bits per heavy atom. The van der Waals surface area contributed by atoms with Gasteiger partial charge in [0.1, 0.15) is 0 Å². The summed E-state index contributed by atoms with van der Waals surface area (Å²) in [6, 6.07) is 8.10. The van der Waals surface area contributed by atoms with Gasteiger partial charge >= 0.3 is 0 Å². The van der Waals surface area contributed by atoms with E-state index in [0.717, 1.165) is 51.3 Å². The van der Waals surface area contributed by atoms with Crippen molar-refractivity contribution in [3.8, 4) is 0 Å². The number of carbonyl (C=O) groups excluding carboxylic acids is 1. The van der Waals surface area contributed by atoms with E-state index in [9.17, 15) is 9.90 Å². The number of ether oxygens (including phenoxy) is 1. The number of amides is 1. The molecule has 2 heterocycles. The Kier molecular flexibility index (Phi) is 5.30. The molecular weight excluding hydrogens is 292 g/mol. The molecule has 2 aliphatic heterocycles. The van der Waals surface area contributed by atoms with Gasteiger partial charge in [-0.3, -0.25) is 9.69 Å². The molecule has 2 aliphatic rings. The Labute approximate surface area is 137 Å². The van der Waals surface area contributed by atoms with Crippen LogP contribution in [0.4, 0.5) is 0 Å². The zero-order valence-electron chi connectivity index (χ0n) is 13.8. The van der Waals surface area contributed by atoms with Crippen LogP contribution in [0.1, 0.15) is 35.7 Å². The molecule has 126 valence electrons. The van der Waals surface area contributed by atoms with Crippen LogP contribution in [0, 0.1) is 0 Å². The highest BCUT2D eigenvalue weighted by Crippen LogP contribution is 2.21. The minimum absolute atomic E-state index is 0.0335. The summed E-state index contributed by atoms with van der Waals surface area (Å²) in [6.07, 6.45) is 2.19. The summed E-state index contributed by atoms with van der Waals surface area (Å²) < 4.78 is 5.44. The van der Waals surface area contributed by atoms with Crippen molar-refractivity contribution < 1.29 is 14.6 Å². The van der Waals surface area contributed by atoms with Crippen molar-refractivity contribution >= 4 is 5.91 Å². The van der Waals surface area contributed by atoms with Crippen LogP contribution in [0.5, 0.6) is 0 Å². The predicted octanol–water partition coefficient (Wildman–Crippen LogP) is 1.50. The fourth-order valence-corrected chi connectivity index (χ4v) is 3.64. The van der Waals surface area contributed by atoms with Crippen LogP contribution in [-0.2, 0) is 11.3 Å². The average Bonchev–Trinajstić information content (AvgIpc) is 2.62. The van der Waals surface area contributed by atoms with Crippen molar-refractivity contribution in [3.63, 3.8) is 0 Å². The third-order valence-corrected chi connectivity index (χ3v) is 4.98. The van der Waals surface area contributed by atoms with E-state index in [1.165, 1.54) is 0 Å². The highest BCUT2D eigenvalue weighted by molar-refractivity contribution is 5.94. The highest BCUT2D eigenvalue weighted by Gasteiger charge is 2.32. The Bertz CT molecular complexity index is 543. The largest absolute Gasteiger partial charge is 0.392 e. The SMILES string of the molecule is C[C@H]1CN(C2CCOCC2)CCN1C(=O)c1cccc(CO)c1. The summed E-state index contributed by atoms with van der Waals surface area (Å²) in [5, 5.41) is 9.24. The van der Waals surface area contributed by atoms with E-state index in [0.29, 0.717) is 11.6 Å². The molecule has 1 amide bonds. The average molecular weight is 318 g/mol. The molecule has 1 N–H and O–H groups in total. The van der Waals surface area contributed by atoms with Gasteiger partial charge in [0.05, 0.1) is 6.61 Å². The number of aliphatic hydroxyl groups is 1. The number of hydrogen-bond donors (Lipinski definition) is 1. The van der Waals surface area contributed by atoms with E-state index in [4.69, 9.17) is 4.74 Å². The zero-order chi connectivity index (χ0) is 16.2. The van der Waals surface area contributed by atoms with Gasteiger partial charge < -0.3 is 14.7 Å². The van der Waals surface area contributed by atoms with Gasteiger partial charge in [-0.25, -0.2) is 0 Å². The first kappa shape index (κ1) is 16.4. The summed E-state index contributed by atoms with van der Waals surface area (Å²) in [5.41, 5.74) is 1.45. The quantitative estimate of drug-likeness (QED) is 0.918. The minimum Gasteiger partial charge on any atom is -0.392 e. The molecule has 1 atom stereocenters. The first-order valence-corrected chi connectivity index (χ1v) is 8.51. The molecule has 2 fully saturated rings. The number of benzene rings is 1. The van der Waals surface area contributed by atoms with Crippen LogP contribution in [0.2, 0.25) is 0 Å². The first-order chi connectivity index (χ1) is 11.2. The van der Waals surface area contributed by atoms with Gasteiger partial charge in [0, 0.05) is 50.5 Å². The van der Waals surface area contributed by atoms with Gasteiger partial charge in [0.25, 0.3) is 5.91 Å². The number of hydrogen-bond acceptors (Lipinski definition) is 4. The number of piperazine rings is 1. The Hall–Kier alpha value is -1.43. The van der Waals surface area contributed by atoms with Gasteiger partial charge in [-0.2, -0.15) is 0 Å². The molecule has 3 rings (SSSR count). The van der Waals surface area contributed by atoms with Gasteiger partial charge in [0.15, 0.2) is 0 Å². The second-order valence-corrected chi connectivity index (χ2v) is 6.54. The molecule has 5 nitrogen and oxygen atoms in total. The smallest absolute Gasteiger partial charge is 0.254 e. The van der Waals surface area contributed by atoms with Crippen molar-refractivity contribution in [1.29, 1.82) is 0 Å². The fourth-order valence-electron chi connectivity index (χ4n) is 3.64. The van der Waals surface area contributed by atoms with Gasteiger partial charge in [-0.15, -0.1) is 0 Å². The monoisotopic (exact) mass is 318 g/mol. The highest BCUT2D eigenvalue weighted by atomic mass is 16.5. The van der Waals surface area contributed by atoms with E-state index in [1.807, 2.05) is 23.1 Å². The van der Waals surface area contributed by atoms with Crippen molar-refractivity contribution in [2.75, 3.05) is 32.8 Å². The second kappa shape index (κ2) is 7.43. The van der Waals surface area contributed by atoms with Crippen LogP contribution < -0.4 is 0 Å². The lowest BCUT2D eigenvalue weighted by Crippen LogP contribution is -2.57. The first-order valence-electron chi connectivity index (χ1n) is 8.51. The van der Waals surface area contributed by atoms with Crippen LogP contribution in [0.15, 0.2) is 24.3 Å². The predicted molar refractivity (Wildman–Crippen MR) is 88.3 cm³/mol. The number of aliphatic hydroxyl groups excluding tert-OH is 1. The van der Waals surface area contributed by atoms with Crippen molar-refractivity contribution in [1.82, 2.24) is 9.80 Å². The molecule has 0 radical (unpaired) electrons. The normalized spacial score (nSPS) is 23.9. The Morgan fingerprint density at radius 2 is 2.09 bits per heavy atom. The minimum atomic E-state index is -0.0335. The molecule has 23 heavy (non-hydrogen) atoms. The van der Waals surface area contributed by atoms with Crippen LogP contribution in [0.25, 0.3) is 0 Å². The Balaban J connectivity index is 1.64. The third-order valence-electron chi connectivity index (χ3n) is 4.98. The maximum absolute atomic E-state index is 12.8. The van der Waals surface area contributed by atoms with Crippen molar-refractivity contribution in [3.05, 3.63) is 35.4 Å². The molecule has 1 aromatic rings. The van der Waals surface area contributed by atoms with Gasteiger partial charge in [-0.05, 0) is 37.5 Å². The molecular formula is C18H26N2O3. The van der Waals surface area contributed by atoms with Gasteiger partial charge in [-0.1, -0.05) is 12.1 Å². The van der Waals surface area contributed by atoms with Gasteiger partial charge in [0.2, 0.25) is 0 Å². The second-order valence-electron chi connectivity index (χ2n) is 6.54. The van der Waals surface area contributed by atoms with Crippen molar-refractivity contribution in [2.45, 2.75) is 38.5 Å². The van der Waals surface area contributed by atoms with Crippen molar-refractivity contribution in [2.24, 2.45) is 0 Å². The summed E-state index contributed by atoms with van der Waals surface area (Å²) in [5.74, 6) is 0.0689. The number of nitrogens with zero attached hydrogens (tertiary/aromatic N) is 2. The van der Waals surface area contributed by atoms with E-state index < -0.39 is 0 Å². The molecule has 5 heteroatoms. The molecule has 0 spiro atoms. The molecule has 0 aromatic heterocycles. The summed E-state index contributed by atoms with van der Waals surface area (Å²) in [7, 11) is 0. The summed E-state index contributed by atoms with van der Waals surface area (Å²) in [4.78, 5) is 17.2. The lowest BCUT2D eigenvalue weighted by Gasteiger charge is -2.44. The number of rotatable bonds is 3. The van der Waals surface area contributed by atoms with E-state index in [1.54, 1.807) is 6.07 Å². The zero-order valence-corrected chi connectivity index (χ0v) is 13.8. The van der Waals surface area contributed by atoms with Crippen LogP contribution >= 0.6 is 0 Å². The summed E-state index contributed by atoms with van der Waals surface area (Å²) >= 11 is 0. The van der Waals surface area contributed by atoms with E-state index in [-0.39, 0.29) is 18.6 Å². The lowest BCUT2D eigenvalue weighted by atomic mass is 10.0. The van der Waals surface area contributed by atoms with E-state index >= 15 is 0 Å². The molecule has 0 saturated carbocycles. The summed E-state index contributed by atoms with van der Waals surface area (Å²) in [6.45, 7) is 6.42.